The fourth-order valence-electron chi connectivity index (χ4n) is 5.07. The topological polar surface area (TPSA) is 33.0 Å². The number of allylic oxidation sites excluding steroid dienone is 2. The normalized spacial score (nSPS) is 28.8. The molecule has 28 heavy (non-hydrogen) atoms. The third-order valence-electron chi connectivity index (χ3n) is 7.05. The lowest BCUT2D eigenvalue weighted by molar-refractivity contribution is -0.0102. The van der Waals surface area contributed by atoms with Gasteiger partial charge in [0.2, 0.25) is 0 Å². The van der Waals surface area contributed by atoms with E-state index in [9.17, 15) is 4.39 Å². The number of halogens is 1. The van der Waals surface area contributed by atoms with Crippen LogP contribution in [-0.2, 0) is 4.74 Å². The molecule has 0 aromatic carbocycles. The van der Waals surface area contributed by atoms with Crippen molar-refractivity contribution in [3.8, 4) is 6.07 Å². The molecule has 0 heterocycles. The van der Waals surface area contributed by atoms with Crippen LogP contribution in [-0.4, -0.2) is 12.7 Å². The molecule has 0 aromatic heterocycles. The minimum atomic E-state index is -0.636. The minimum absolute atomic E-state index is 0.443. The number of hydrogen-bond donors (Lipinski definition) is 0. The molecule has 3 heteroatoms. The summed E-state index contributed by atoms with van der Waals surface area (Å²) in [6.45, 7) is 3.25. The van der Waals surface area contributed by atoms with E-state index >= 15 is 0 Å². The van der Waals surface area contributed by atoms with Gasteiger partial charge < -0.3 is 4.74 Å². The standard InChI is InChI=1S/C25H42FNO/c1-2-3-4-5-6-8-21-11-13-23(14-12-21)20-28-25-17-15-22(16-18-25)9-7-10-24(26)19-27/h10,21-23,25H,2-9,11-18,20H2,1H3/b24-10-. The van der Waals surface area contributed by atoms with E-state index in [2.05, 4.69) is 6.92 Å². The predicted molar refractivity (Wildman–Crippen MR) is 115 cm³/mol. The van der Waals surface area contributed by atoms with Gasteiger partial charge in [-0.3, -0.25) is 0 Å². The molecule has 2 aliphatic rings. The molecule has 0 aromatic rings. The number of ether oxygens (including phenoxy) is 1. The smallest absolute Gasteiger partial charge is 0.196 e. The van der Waals surface area contributed by atoms with Crippen molar-refractivity contribution >= 4 is 0 Å². The van der Waals surface area contributed by atoms with Crippen LogP contribution < -0.4 is 0 Å². The molecule has 2 aliphatic carbocycles. The van der Waals surface area contributed by atoms with Crippen LogP contribution >= 0.6 is 0 Å². The number of nitrogens with zero attached hydrogens (tertiary/aromatic N) is 1. The Hall–Kier alpha value is -0.880. The summed E-state index contributed by atoms with van der Waals surface area (Å²) in [5.41, 5.74) is 0. The lowest BCUT2D eigenvalue weighted by atomic mass is 9.80. The SMILES string of the molecule is CCCCCCCC1CCC(COC2CCC(CC/C=C(\F)C#N)CC2)CC1. The van der Waals surface area contributed by atoms with Crippen LogP contribution in [0.4, 0.5) is 4.39 Å². The molecule has 0 spiro atoms. The molecule has 160 valence electrons. The van der Waals surface area contributed by atoms with Gasteiger partial charge in [-0.25, -0.2) is 0 Å². The molecule has 2 nitrogen and oxygen atoms in total. The number of nitriles is 1. The molecule has 0 bridgehead atoms. The molecule has 2 saturated carbocycles. The van der Waals surface area contributed by atoms with Crippen molar-refractivity contribution in [2.75, 3.05) is 6.61 Å². The zero-order valence-corrected chi connectivity index (χ0v) is 18.1. The van der Waals surface area contributed by atoms with Crippen molar-refractivity contribution in [2.45, 2.75) is 116 Å². The first-order chi connectivity index (χ1) is 13.7. The fraction of sp³-hybridized carbons (Fsp3) is 0.880. The van der Waals surface area contributed by atoms with Gasteiger partial charge >= 0.3 is 0 Å². The molecular formula is C25H42FNO. The van der Waals surface area contributed by atoms with Crippen LogP contribution in [0.3, 0.4) is 0 Å². The van der Waals surface area contributed by atoms with Crippen molar-refractivity contribution in [1.82, 2.24) is 0 Å². The zero-order chi connectivity index (χ0) is 20.0. The number of unbranched alkanes of at least 4 members (excludes halogenated alkanes) is 4. The van der Waals surface area contributed by atoms with E-state index < -0.39 is 5.83 Å². The first kappa shape index (κ1) is 23.4. The highest BCUT2D eigenvalue weighted by atomic mass is 19.1. The maximum absolute atomic E-state index is 12.8. The summed E-state index contributed by atoms with van der Waals surface area (Å²) in [5.74, 6) is 1.81. The highest BCUT2D eigenvalue weighted by molar-refractivity contribution is 5.11. The summed E-state index contributed by atoms with van der Waals surface area (Å²) >= 11 is 0. The molecule has 0 aliphatic heterocycles. The Morgan fingerprint density at radius 3 is 2.18 bits per heavy atom. The highest BCUT2D eigenvalue weighted by Crippen LogP contribution is 2.34. The van der Waals surface area contributed by atoms with Crippen LogP contribution in [0.2, 0.25) is 0 Å². The van der Waals surface area contributed by atoms with Crippen molar-refractivity contribution < 1.29 is 9.13 Å². The molecule has 2 fully saturated rings. The highest BCUT2D eigenvalue weighted by Gasteiger charge is 2.25. The molecular weight excluding hydrogens is 349 g/mol. The lowest BCUT2D eigenvalue weighted by Gasteiger charge is -2.32. The Kier molecular flexibility index (Phi) is 11.8. The van der Waals surface area contributed by atoms with Gasteiger partial charge in [0.25, 0.3) is 0 Å². The maximum atomic E-state index is 12.8. The second-order valence-electron chi connectivity index (χ2n) is 9.31. The van der Waals surface area contributed by atoms with Crippen LogP contribution in [0.15, 0.2) is 11.9 Å². The summed E-state index contributed by atoms with van der Waals surface area (Å²) in [6, 6.07) is 1.55. The van der Waals surface area contributed by atoms with E-state index in [1.54, 1.807) is 6.07 Å². The molecule has 0 unspecified atom stereocenters. The third-order valence-corrected chi connectivity index (χ3v) is 7.05. The molecule has 0 saturated heterocycles. The Morgan fingerprint density at radius 1 is 0.893 bits per heavy atom. The van der Waals surface area contributed by atoms with Crippen LogP contribution in [0.5, 0.6) is 0 Å². The second kappa shape index (κ2) is 14.2. The van der Waals surface area contributed by atoms with Gasteiger partial charge in [0.05, 0.1) is 6.10 Å². The Morgan fingerprint density at radius 2 is 1.50 bits per heavy atom. The fourth-order valence-corrected chi connectivity index (χ4v) is 5.07. The van der Waals surface area contributed by atoms with Gasteiger partial charge in [0.15, 0.2) is 5.83 Å². The average Bonchev–Trinajstić information content (AvgIpc) is 2.73. The van der Waals surface area contributed by atoms with Crippen LogP contribution in [0.25, 0.3) is 0 Å². The molecule has 0 atom stereocenters. The molecule has 0 radical (unpaired) electrons. The summed E-state index contributed by atoms with van der Waals surface area (Å²) in [5, 5.41) is 8.44. The van der Waals surface area contributed by atoms with E-state index in [1.807, 2.05) is 0 Å². The summed E-state index contributed by atoms with van der Waals surface area (Å²) < 4.78 is 19.1. The number of hydrogen-bond acceptors (Lipinski definition) is 2. The minimum Gasteiger partial charge on any atom is -0.378 e. The predicted octanol–water partition coefficient (Wildman–Crippen LogP) is 7.89. The van der Waals surface area contributed by atoms with E-state index in [-0.39, 0.29) is 0 Å². The Labute approximate surface area is 172 Å². The van der Waals surface area contributed by atoms with Gasteiger partial charge in [0.1, 0.15) is 6.07 Å². The summed E-state index contributed by atoms with van der Waals surface area (Å²) in [7, 11) is 0. The molecule has 0 amide bonds. The first-order valence-corrected chi connectivity index (χ1v) is 12.1. The Balaban J connectivity index is 1.49. The lowest BCUT2D eigenvalue weighted by Crippen LogP contribution is -2.26. The van der Waals surface area contributed by atoms with E-state index in [0.29, 0.717) is 18.4 Å². The van der Waals surface area contributed by atoms with Crippen LogP contribution in [0, 0.1) is 29.1 Å². The zero-order valence-electron chi connectivity index (χ0n) is 18.1. The van der Waals surface area contributed by atoms with E-state index in [1.165, 1.54) is 83.1 Å². The first-order valence-electron chi connectivity index (χ1n) is 12.1. The van der Waals surface area contributed by atoms with Crippen molar-refractivity contribution in [3.63, 3.8) is 0 Å². The largest absolute Gasteiger partial charge is 0.378 e. The van der Waals surface area contributed by atoms with Crippen molar-refractivity contribution in [1.29, 1.82) is 5.26 Å². The van der Waals surface area contributed by atoms with Crippen LogP contribution in [0.1, 0.15) is 110 Å². The van der Waals surface area contributed by atoms with Gasteiger partial charge in [0, 0.05) is 6.61 Å². The summed E-state index contributed by atoms with van der Waals surface area (Å²) in [4.78, 5) is 0. The summed E-state index contributed by atoms with van der Waals surface area (Å²) in [6.07, 6.45) is 22.3. The molecule has 0 N–H and O–H groups in total. The second-order valence-corrected chi connectivity index (χ2v) is 9.31. The maximum Gasteiger partial charge on any atom is 0.196 e. The van der Waals surface area contributed by atoms with E-state index in [0.717, 1.165) is 37.7 Å². The average molecular weight is 392 g/mol. The third kappa shape index (κ3) is 9.55. The van der Waals surface area contributed by atoms with Crippen molar-refractivity contribution in [3.05, 3.63) is 11.9 Å². The van der Waals surface area contributed by atoms with Gasteiger partial charge in [-0.05, 0) is 75.2 Å². The quantitative estimate of drug-likeness (QED) is 0.250. The van der Waals surface area contributed by atoms with Gasteiger partial charge in [-0.2, -0.15) is 9.65 Å². The van der Waals surface area contributed by atoms with Gasteiger partial charge in [-0.15, -0.1) is 0 Å². The number of rotatable bonds is 12. The monoisotopic (exact) mass is 391 g/mol. The van der Waals surface area contributed by atoms with E-state index in [4.69, 9.17) is 10.00 Å². The van der Waals surface area contributed by atoms with Crippen molar-refractivity contribution in [2.24, 2.45) is 17.8 Å². The Bertz CT molecular complexity index is 467. The van der Waals surface area contributed by atoms with Gasteiger partial charge in [-0.1, -0.05) is 58.3 Å². The molecule has 2 rings (SSSR count).